The molecule has 0 aliphatic heterocycles. The molecule has 28 heavy (non-hydrogen) atoms. The molecule has 0 aliphatic carbocycles. The first-order valence-electron chi connectivity index (χ1n) is 8.69. The van der Waals surface area contributed by atoms with Gasteiger partial charge in [0.1, 0.15) is 6.54 Å². The van der Waals surface area contributed by atoms with Crippen molar-refractivity contribution in [2.45, 2.75) is 31.6 Å². The average Bonchev–Trinajstić information content (AvgIpc) is 2.66. The van der Waals surface area contributed by atoms with E-state index in [4.69, 9.17) is 4.74 Å². The van der Waals surface area contributed by atoms with Gasteiger partial charge in [-0.25, -0.2) is 8.42 Å². The summed E-state index contributed by atoms with van der Waals surface area (Å²) in [5.41, 5.74) is 1.10. The maximum atomic E-state index is 13.1. The molecule has 0 saturated heterocycles. The minimum atomic E-state index is -4.13. The summed E-state index contributed by atoms with van der Waals surface area (Å²) in [6.07, 6.45) is 0. The van der Waals surface area contributed by atoms with Gasteiger partial charge < -0.3 is 4.74 Å². The molecule has 0 unspecified atom stereocenters. The minimum Gasteiger partial charge on any atom is -0.465 e. The topological polar surface area (TPSA) is 107 Å². The van der Waals surface area contributed by atoms with Crippen LogP contribution < -0.4 is 4.31 Å². The lowest BCUT2D eigenvalue weighted by atomic mass is 10.0. The molecule has 150 valence electrons. The van der Waals surface area contributed by atoms with Crippen LogP contribution in [0.2, 0.25) is 0 Å². The maximum Gasteiger partial charge on any atom is 0.326 e. The Morgan fingerprint density at radius 1 is 1.11 bits per heavy atom. The van der Waals surface area contributed by atoms with Crippen molar-refractivity contribution < 1.29 is 22.9 Å². The predicted molar refractivity (Wildman–Crippen MR) is 105 cm³/mol. The van der Waals surface area contributed by atoms with Crippen LogP contribution in [0.3, 0.4) is 0 Å². The zero-order valence-corrected chi connectivity index (χ0v) is 16.7. The van der Waals surface area contributed by atoms with E-state index in [0.717, 1.165) is 34.1 Å². The maximum absolute atomic E-state index is 13.1. The van der Waals surface area contributed by atoms with Crippen LogP contribution in [-0.2, 0) is 19.6 Å². The van der Waals surface area contributed by atoms with Gasteiger partial charge in [-0.1, -0.05) is 26.0 Å². The van der Waals surface area contributed by atoms with Crippen molar-refractivity contribution in [1.82, 2.24) is 0 Å². The monoisotopic (exact) mass is 406 g/mol. The Labute approximate surface area is 163 Å². The van der Waals surface area contributed by atoms with Crippen molar-refractivity contribution in [1.29, 1.82) is 0 Å². The van der Waals surface area contributed by atoms with Crippen molar-refractivity contribution in [2.24, 2.45) is 0 Å². The van der Waals surface area contributed by atoms with Crippen LogP contribution in [0.25, 0.3) is 0 Å². The smallest absolute Gasteiger partial charge is 0.326 e. The van der Waals surface area contributed by atoms with E-state index in [1.54, 1.807) is 31.2 Å². The normalized spacial score (nSPS) is 11.3. The molecule has 0 bridgehead atoms. The van der Waals surface area contributed by atoms with E-state index >= 15 is 0 Å². The molecule has 8 nitrogen and oxygen atoms in total. The summed E-state index contributed by atoms with van der Waals surface area (Å²) in [6.45, 7) is 5.27. The van der Waals surface area contributed by atoms with Crippen LogP contribution in [0.1, 0.15) is 32.3 Å². The van der Waals surface area contributed by atoms with Gasteiger partial charge in [0.05, 0.1) is 22.1 Å². The molecular formula is C19H22N2O6S. The number of carbonyl (C=O) groups excluding carboxylic acids is 1. The van der Waals surface area contributed by atoms with Gasteiger partial charge in [0.2, 0.25) is 0 Å². The third-order valence-electron chi connectivity index (χ3n) is 4.06. The molecule has 2 aromatic rings. The molecule has 0 saturated carbocycles. The summed E-state index contributed by atoms with van der Waals surface area (Å²) in [5, 5.41) is 10.8. The predicted octanol–water partition coefficient (Wildman–Crippen LogP) is 3.48. The number of hydrogen-bond acceptors (Lipinski definition) is 6. The molecule has 2 rings (SSSR count). The van der Waals surface area contributed by atoms with Crippen LogP contribution in [0.5, 0.6) is 0 Å². The Morgan fingerprint density at radius 2 is 1.68 bits per heavy atom. The molecule has 0 aliphatic rings. The fraction of sp³-hybridized carbons (Fsp3) is 0.316. The second-order valence-electron chi connectivity index (χ2n) is 6.31. The standard InChI is InChI=1S/C19H22N2O6S/c1-4-27-19(22)13-20(16-7-5-15(6-8-16)14(2)3)28(25,26)18-11-9-17(10-12-18)21(23)24/h5-12,14H,4,13H2,1-3H3. The van der Waals surface area contributed by atoms with Crippen LogP contribution >= 0.6 is 0 Å². The number of nitro groups is 1. The Morgan fingerprint density at radius 3 is 2.14 bits per heavy atom. The Kier molecular flexibility index (Phi) is 6.74. The summed E-state index contributed by atoms with van der Waals surface area (Å²) in [6, 6.07) is 11.3. The number of non-ortho nitro benzene ring substituents is 1. The minimum absolute atomic E-state index is 0.122. The summed E-state index contributed by atoms with van der Waals surface area (Å²) in [5.74, 6) is -0.431. The molecule has 0 N–H and O–H groups in total. The third kappa shape index (κ3) is 4.86. The number of nitro benzene ring substituents is 1. The van der Waals surface area contributed by atoms with Gasteiger partial charge >= 0.3 is 5.97 Å². The van der Waals surface area contributed by atoms with E-state index < -0.39 is 27.5 Å². The van der Waals surface area contributed by atoms with Crippen LogP contribution in [-0.4, -0.2) is 32.5 Å². The summed E-state index contributed by atoms with van der Waals surface area (Å²) < 4.78 is 32.1. The largest absolute Gasteiger partial charge is 0.465 e. The van der Waals surface area contributed by atoms with Crippen molar-refractivity contribution in [3.63, 3.8) is 0 Å². The van der Waals surface area contributed by atoms with E-state index in [-0.39, 0.29) is 23.1 Å². The van der Waals surface area contributed by atoms with Crippen molar-refractivity contribution in [2.75, 3.05) is 17.5 Å². The number of carbonyl (C=O) groups is 1. The van der Waals surface area contributed by atoms with Crippen molar-refractivity contribution >= 4 is 27.4 Å². The molecule has 2 aromatic carbocycles. The first-order chi connectivity index (χ1) is 13.2. The van der Waals surface area contributed by atoms with E-state index in [2.05, 4.69) is 0 Å². The molecule has 0 atom stereocenters. The first-order valence-corrected chi connectivity index (χ1v) is 10.1. The summed E-state index contributed by atoms with van der Waals surface area (Å²) in [7, 11) is -4.13. The fourth-order valence-electron chi connectivity index (χ4n) is 2.53. The number of hydrogen-bond donors (Lipinski definition) is 0. The molecule has 0 aromatic heterocycles. The van der Waals surface area contributed by atoms with E-state index in [1.807, 2.05) is 13.8 Å². The highest BCUT2D eigenvalue weighted by Gasteiger charge is 2.28. The number of rotatable bonds is 8. The van der Waals surface area contributed by atoms with Gasteiger partial charge in [-0.05, 0) is 42.7 Å². The quantitative estimate of drug-likeness (QED) is 0.377. The van der Waals surface area contributed by atoms with Gasteiger partial charge in [-0.2, -0.15) is 0 Å². The van der Waals surface area contributed by atoms with Gasteiger partial charge in [-0.15, -0.1) is 0 Å². The first kappa shape index (κ1) is 21.4. The highest BCUT2D eigenvalue weighted by Crippen LogP contribution is 2.27. The highest BCUT2D eigenvalue weighted by molar-refractivity contribution is 7.92. The number of sulfonamides is 1. The SMILES string of the molecule is CCOC(=O)CN(c1ccc(C(C)C)cc1)S(=O)(=O)c1ccc([N+](=O)[O-])cc1. The van der Waals surface area contributed by atoms with E-state index in [1.165, 1.54) is 0 Å². The second-order valence-corrected chi connectivity index (χ2v) is 8.18. The molecule has 0 spiro atoms. The average molecular weight is 406 g/mol. The fourth-order valence-corrected chi connectivity index (χ4v) is 3.94. The zero-order valence-electron chi connectivity index (χ0n) is 15.9. The summed E-state index contributed by atoms with van der Waals surface area (Å²) >= 11 is 0. The Bertz CT molecular complexity index is 937. The lowest BCUT2D eigenvalue weighted by Crippen LogP contribution is -2.36. The Balaban J connectivity index is 2.46. The molecular weight excluding hydrogens is 384 g/mol. The number of ether oxygens (including phenoxy) is 1. The van der Waals surface area contributed by atoms with Crippen molar-refractivity contribution in [3.8, 4) is 0 Å². The van der Waals surface area contributed by atoms with Gasteiger partial charge in [0, 0.05) is 12.1 Å². The lowest BCUT2D eigenvalue weighted by Gasteiger charge is -2.24. The van der Waals surface area contributed by atoms with Gasteiger partial charge in [-0.3, -0.25) is 19.2 Å². The number of benzene rings is 2. The van der Waals surface area contributed by atoms with Crippen LogP contribution in [0.4, 0.5) is 11.4 Å². The Hall–Kier alpha value is -2.94. The molecule has 0 heterocycles. The number of anilines is 1. The zero-order chi connectivity index (χ0) is 20.9. The van der Waals surface area contributed by atoms with Crippen molar-refractivity contribution in [3.05, 3.63) is 64.2 Å². The molecule has 0 radical (unpaired) electrons. The third-order valence-corrected chi connectivity index (χ3v) is 5.85. The van der Waals surface area contributed by atoms with E-state index in [0.29, 0.717) is 5.69 Å². The molecule has 0 fully saturated rings. The number of esters is 1. The van der Waals surface area contributed by atoms with Gasteiger partial charge in [0.15, 0.2) is 0 Å². The lowest BCUT2D eigenvalue weighted by molar-refractivity contribution is -0.384. The molecule has 0 amide bonds. The van der Waals surface area contributed by atoms with Gasteiger partial charge in [0.25, 0.3) is 15.7 Å². The van der Waals surface area contributed by atoms with E-state index in [9.17, 15) is 23.3 Å². The summed E-state index contributed by atoms with van der Waals surface area (Å²) in [4.78, 5) is 22.0. The van der Waals surface area contributed by atoms with Crippen LogP contribution in [0, 0.1) is 10.1 Å². The number of nitrogens with zero attached hydrogens (tertiary/aromatic N) is 2. The molecule has 9 heteroatoms. The second kappa shape index (κ2) is 8.83. The van der Waals surface area contributed by atoms with Crippen LogP contribution in [0.15, 0.2) is 53.4 Å². The highest BCUT2D eigenvalue weighted by atomic mass is 32.2.